The van der Waals surface area contributed by atoms with Crippen LogP contribution < -0.4 is 9.64 Å². The van der Waals surface area contributed by atoms with E-state index >= 15 is 0 Å². The van der Waals surface area contributed by atoms with E-state index in [-0.39, 0.29) is 11.7 Å². The highest BCUT2D eigenvalue weighted by molar-refractivity contribution is 6.19. The van der Waals surface area contributed by atoms with Crippen molar-refractivity contribution < 1.29 is 13.9 Å². The molecule has 2 aromatic carbocycles. The SMILES string of the molecule is O=C1c2ccccc2N(CCOc2ccc(F)cc2)C2=NCCN12. The highest BCUT2D eigenvalue weighted by Crippen LogP contribution is 2.29. The summed E-state index contributed by atoms with van der Waals surface area (Å²) in [6.07, 6.45) is 0. The highest BCUT2D eigenvalue weighted by atomic mass is 19.1. The lowest BCUT2D eigenvalue weighted by Gasteiger charge is -2.35. The summed E-state index contributed by atoms with van der Waals surface area (Å²) in [4.78, 5) is 20.7. The van der Waals surface area contributed by atoms with E-state index in [9.17, 15) is 9.18 Å². The Morgan fingerprint density at radius 3 is 2.75 bits per heavy atom. The maximum absolute atomic E-state index is 12.9. The molecule has 122 valence electrons. The van der Waals surface area contributed by atoms with Gasteiger partial charge in [0.15, 0.2) is 0 Å². The van der Waals surface area contributed by atoms with Crippen molar-refractivity contribution in [3.8, 4) is 5.75 Å². The standard InChI is InChI=1S/C18H16FN3O2/c19-13-5-7-14(8-6-13)24-12-11-21-16-4-2-1-3-15(16)17(23)22-10-9-20-18(21)22/h1-8H,9-12H2. The van der Waals surface area contributed by atoms with Crippen LogP contribution in [0.5, 0.6) is 5.75 Å². The zero-order chi connectivity index (χ0) is 16.5. The number of guanidine groups is 1. The Hall–Kier alpha value is -2.89. The minimum Gasteiger partial charge on any atom is -0.492 e. The van der Waals surface area contributed by atoms with Crippen LogP contribution >= 0.6 is 0 Å². The largest absolute Gasteiger partial charge is 0.492 e. The Labute approximate surface area is 139 Å². The lowest BCUT2D eigenvalue weighted by molar-refractivity contribution is 0.0851. The van der Waals surface area contributed by atoms with Crippen LogP contribution in [0.2, 0.25) is 0 Å². The lowest BCUT2D eigenvalue weighted by Crippen LogP contribution is -2.51. The number of aliphatic imine (C=N–C) groups is 1. The smallest absolute Gasteiger partial charge is 0.262 e. The molecule has 0 radical (unpaired) electrons. The average molecular weight is 325 g/mol. The number of para-hydroxylation sites is 1. The number of ether oxygens (including phenoxy) is 1. The number of hydrogen-bond donors (Lipinski definition) is 0. The Morgan fingerprint density at radius 1 is 1.12 bits per heavy atom. The fourth-order valence-corrected chi connectivity index (χ4v) is 3.01. The Kier molecular flexibility index (Phi) is 3.65. The lowest BCUT2D eigenvalue weighted by atomic mass is 10.1. The number of rotatable bonds is 4. The summed E-state index contributed by atoms with van der Waals surface area (Å²) in [5.41, 5.74) is 1.53. The van der Waals surface area contributed by atoms with Crippen LogP contribution in [0, 0.1) is 5.82 Å². The number of fused-ring (bicyclic) bond motifs is 2. The molecular formula is C18H16FN3O2. The number of nitrogens with zero attached hydrogens (tertiary/aromatic N) is 3. The molecule has 0 saturated heterocycles. The van der Waals surface area contributed by atoms with E-state index in [1.807, 2.05) is 29.2 Å². The second-order valence-corrected chi connectivity index (χ2v) is 5.61. The van der Waals surface area contributed by atoms with Crippen LogP contribution in [0.3, 0.4) is 0 Å². The van der Waals surface area contributed by atoms with Crippen LogP contribution in [0.4, 0.5) is 10.1 Å². The van der Waals surface area contributed by atoms with E-state index in [2.05, 4.69) is 4.99 Å². The predicted octanol–water partition coefficient (Wildman–Crippen LogP) is 2.54. The van der Waals surface area contributed by atoms with E-state index < -0.39 is 0 Å². The van der Waals surface area contributed by atoms with Gasteiger partial charge < -0.3 is 9.64 Å². The molecule has 0 N–H and O–H groups in total. The molecule has 24 heavy (non-hydrogen) atoms. The first kappa shape index (κ1) is 14.7. The minimum absolute atomic E-state index is 0.00227. The molecule has 0 saturated carbocycles. The molecule has 5 nitrogen and oxygen atoms in total. The average Bonchev–Trinajstić information content (AvgIpc) is 3.09. The van der Waals surface area contributed by atoms with Crippen LogP contribution in [0.25, 0.3) is 0 Å². The van der Waals surface area contributed by atoms with E-state index in [1.165, 1.54) is 12.1 Å². The Bertz CT molecular complexity index is 804. The van der Waals surface area contributed by atoms with E-state index in [0.29, 0.717) is 43.5 Å². The van der Waals surface area contributed by atoms with E-state index in [0.717, 1.165) is 5.69 Å². The van der Waals surface area contributed by atoms with Crippen molar-refractivity contribution in [3.63, 3.8) is 0 Å². The van der Waals surface area contributed by atoms with Crippen LogP contribution in [-0.2, 0) is 0 Å². The summed E-state index contributed by atoms with van der Waals surface area (Å²) in [5, 5.41) is 0. The zero-order valence-electron chi connectivity index (χ0n) is 13.0. The zero-order valence-corrected chi connectivity index (χ0v) is 13.0. The summed E-state index contributed by atoms with van der Waals surface area (Å²) in [6.45, 7) is 2.18. The van der Waals surface area contributed by atoms with Gasteiger partial charge in [0.05, 0.1) is 24.3 Å². The molecule has 0 fully saturated rings. The molecule has 1 amide bonds. The molecule has 0 unspecified atom stereocenters. The first-order valence-corrected chi connectivity index (χ1v) is 7.85. The maximum atomic E-state index is 12.9. The maximum Gasteiger partial charge on any atom is 0.262 e. The summed E-state index contributed by atoms with van der Waals surface area (Å²) >= 11 is 0. The number of halogens is 1. The van der Waals surface area contributed by atoms with E-state index in [4.69, 9.17) is 4.74 Å². The van der Waals surface area contributed by atoms with Gasteiger partial charge in [0.25, 0.3) is 5.91 Å². The van der Waals surface area contributed by atoms with Gasteiger partial charge >= 0.3 is 0 Å². The highest BCUT2D eigenvalue weighted by Gasteiger charge is 2.36. The fraction of sp³-hybridized carbons (Fsp3) is 0.222. The van der Waals surface area contributed by atoms with Gasteiger partial charge in [-0.25, -0.2) is 4.39 Å². The molecular weight excluding hydrogens is 309 g/mol. The normalized spacial score (nSPS) is 15.9. The van der Waals surface area contributed by atoms with Gasteiger partial charge in [-0.15, -0.1) is 0 Å². The third-order valence-corrected chi connectivity index (χ3v) is 4.13. The van der Waals surface area contributed by atoms with Gasteiger partial charge in [-0.1, -0.05) is 12.1 Å². The number of amides is 1. The Balaban J connectivity index is 1.54. The van der Waals surface area contributed by atoms with Crippen molar-refractivity contribution in [1.29, 1.82) is 0 Å². The van der Waals surface area contributed by atoms with E-state index in [1.54, 1.807) is 17.0 Å². The molecule has 2 aromatic rings. The van der Waals surface area contributed by atoms with Crippen LogP contribution in [0.15, 0.2) is 53.5 Å². The first-order valence-electron chi connectivity index (χ1n) is 7.85. The van der Waals surface area contributed by atoms with Gasteiger partial charge in [-0.05, 0) is 36.4 Å². The molecule has 2 aliphatic heterocycles. The third-order valence-electron chi connectivity index (χ3n) is 4.13. The van der Waals surface area contributed by atoms with Crippen molar-refractivity contribution in [3.05, 3.63) is 59.9 Å². The molecule has 0 spiro atoms. The van der Waals surface area contributed by atoms with Crippen molar-refractivity contribution in [2.24, 2.45) is 4.99 Å². The first-order chi connectivity index (χ1) is 11.7. The summed E-state index contributed by atoms with van der Waals surface area (Å²) in [6, 6.07) is 13.5. The molecule has 0 atom stereocenters. The predicted molar refractivity (Wildman–Crippen MR) is 89.0 cm³/mol. The summed E-state index contributed by atoms with van der Waals surface area (Å²) in [5.74, 6) is 1.00. The summed E-state index contributed by atoms with van der Waals surface area (Å²) in [7, 11) is 0. The third kappa shape index (κ3) is 2.50. The van der Waals surface area contributed by atoms with Crippen molar-refractivity contribution in [2.45, 2.75) is 0 Å². The van der Waals surface area contributed by atoms with Gasteiger partial charge in [0.1, 0.15) is 18.2 Å². The molecule has 2 aliphatic rings. The van der Waals surface area contributed by atoms with Crippen molar-refractivity contribution in [2.75, 3.05) is 31.1 Å². The fourth-order valence-electron chi connectivity index (χ4n) is 3.01. The Morgan fingerprint density at radius 2 is 1.92 bits per heavy atom. The van der Waals surface area contributed by atoms with Crippen LogP contribution in [0.1, 0.15) is 10.4 Å². The number of carbonyl (C=O) groups excluding carboxylic acids is 1. The molecule has 2 heterocycles. The number of benzene rings is 2. The topological polar surface area (TPSA) is 45.1 Å². The van der Waals surface area contributed by atoms with Crippen molar-refractivity contribution >= 4 is 17.6 Å². The van der Waals surface area contributed by atoms with Crippen molar-refractivity contribution in [1.82, 2.24) is 4.90 Å². The second-order valence-electron chi connectivity index (χ2n) is 5.61. The molecule has 0 aliphatic carbocycles. The van der Waals surface area contributed by atoms with Gasteiger partial charge in [0.2, 0.25) is 5.96 Å². The molecule has 6 heteroatoms. The number of carbonyl (C=O) groups is 1. The van der Waals surface area contributed by atoms with Crippen LogP contribution in [-0.4, -0.2) is 43.0 Å². The number of anilines is 1. The monoisotopic (exact) mass is 325 g/mol. The molecule has 0 bridgehead atoms. The summed E-state index contributed by atoms with van der Waals surface area (Å²) < 4.78 is 18.6. The minimum atomic E-state index is -0.290. The van der Waals surface area contributed by atoms with Gasteiger partial charge in [-0.3, -0.25) is 14.7 Å². The van der Waals surface area contributed by atoms with Gasteiger partial charge in [-0.2, -0.15) is 0 Å². The molecule has 0 aromatic heterocycles. The van der Waals surface area contributed by atoms with Gasteiger partial charge in [0, 0.05) is 6.54 Å². The number of hydrogen-bond acceptors (Lipinski definition) is 4. The second kappa shape index (κ2) is 5.96. The molecule has 4 rings (SSSR count). The quantitative estimate of drug-likeness (QED) is 0.868.